The van der Waals surface area contributed by atoms with Crippen molar-refractivity contribution in [3.05, 3.63) is 58.7 Å². The van der Waals surface area contributed by atoms with Gasteiger partial charge in [-0.05, 0) is 29.8 Å². The molecule has 1 heterocycles. The van der Waals surface area contributed by atoms with Crippen molar-refractivity contribution >= 4 is 5.69 Å². The van der Waals surface area contributed by atoms with E-state index in [9.17, 15) is 8.78 Å². The van der Waals surface area contributed by atoms with E-state index < -0.39 is 11.6 Å². The second-order valence-electron chi connectivity index (χ2n) is 3.04. The van der Waals surface area contributed by atoms with Crippen molar-refractivity contribution in [2.45, 2.75) is 0 Å². The summed E-state index contributed by atoms with van der Waals surface area (Å²) < 4.78 is 28.4. The number of benzene rings is 1. The zero-order valence-electron chi connectivity index (χ0n) is 8.01. The van der Waals surface area contributed by atoms with E-state index in [0.717, 1.165) is 12.1 Å². The van der Waals surface area contributed by atoms with Gasteiger partial charge >= 0.3 is 0 Å². The number of aromatic nitrogens is 1. The minimum Gasteiger partial charge on any atom is -0.319 e. The monoisotopic (exact) mass is 220 g/mol. The molecule has 0 saturated carbocycles. The van der Waals surface area contributed by atoms with Crippen LogP contribution >= 0.6 is 0 Å². The summed E-state index contributed by atoms with van der Waals surface area (Å²) in [7, 11) is 0. The van der Waals surface area contributed by atoms with Crippen molar-refractivity contribution in [2.24, 2.45) is 5.11 Å². The fourth-order valence-corrected chi connectivity index (χ4v) is 1.39. The van der Waals surface area contributed by atoms with E-state index in [2.05, 4.69) is 10.0 Å². The summed E-state index contributed by atoms with van der Waals surface area (Å²) in [5, 5.41) is 3.14. The number of halogens is 2. The maximum absolute atomic E-state index is 13.6. The van der Waals surface area contributed by atoms with Gasteiger partial charge in [-0.15, -0.1) is 0 Å². The highest BCUT2D eigenvalue weighted by Crippen LogP contribution is 2.24. The molecule has 0 aliphatic rings. The molecule has 16 heavy (non-hydrogen) atoms. The molecule has 0 bridgehead atoms. The van der Waals surface area contributed by atoms with Gasteiger partial charge in [-0.1, -0.05) is 5.11 Å². The Bertz CT molecular complexity index is 533. The lowest BCUT2D eigenvalue weighted by Gasteiger charge is -2.06. The molecule has 0 atom stereocenters. The first-order chi connectivity index (χ1) is 7.72. The minimum atomic E-state index is -0.779. The van der Waals surface area contributed by atoms with Crippen LogP contribution < -0.4 is 0 Å². The van der Waals surface area contributed by atoms with E-state index >= 15 is 0 Å². The van der Waals surface area contributed by atoms with Gasteiger partial charge in [-0.25, -0.2) is 8.78 Å². The van der Waals surface area contributed by atoms with Crippen molar-refractivity contribution in [1.82, 2.24) is 4.57 Å². The van der Waals surface area contributed by atoms with Crippen molar-refractivity contribution in [3.8, 4) is 5.69 Å². The molecule has 2 aromatic rings. The molecule has 0 spiro atoms. The Labute approximate surface area is 89.4 Å². The van der Waals surface area contributed by atoms with Crippen LogP contribution in [0.15, 0.2) is 41.8 Å². The number of nitrogens with zero attached hydrogens (tertiary/aromatic N) is 4. The van der Waals surface area contributed by atoms with E-state index in [-0.39, 0.29) is 11.4 Å². The molecular formula is C10H6F2N4. The van der Waals surface area contributed by atoms with E-state index in [1.807, 2.05) is 0 Å². The third-order valence-electron chi connectivity index (χ3n) is 2.02. The highest BCUT2D eigenvalue weighted by molar-refractivity contribution is 5.47. The average Bonchev–Trinajstić information content (AvgIpc) is 2.70. The third-order valence-corrected chi connectivity index (χ3v) is 2.02. The number of hydrogen-bond donors (Lipinski definition) is 0. The molecule has 6 heteroatoms. The summed E-state index contributed by atoms with van der Waals surface area (Å²) in [5.74, 6) is -1.56. The Morgan fingerprint density at radius 1 is 1.12 bits per heavy atom. The molecule has 0 unspecified atom stereocenters. The Kier molecular flexibility index (Phi) is 2.57. The van der Waals surface area contributed by atoms with Crippen LogP contribution in [0.4, 0.5) is 14.5 Å². The summed E-state index contributed by atoms with van der Waals surface area (Å²) in [5.41, 5.74) is 7.88. The Morgan fingerprint density at radius 3 is 2.19 bits per heavy atom. The van der Waals surface area contributed by atoms with Crippen LogP contribution in [0.1, 0.15) is 0 Å². The van der Waals surface area contributed by atoms with Crippen molar-refractivity contribution in [1.29, 1.82) is 0 Å². The molecule has 0 fully saturated rings. The molecule has 1 aromatic carbocycles. The molecule has 0 saturated heterocycles. The standard InChI is InChI=1S/C10H6F2N4/c11-8-5-7(14-15-13)6-9(12)10(8)16-3-1-2-4-16/h1-6H. The highest BCUT2D eigenvalue weighted by Gasteiger charge is 2.11. The van der Waals surface area contributed by atoms with Crippen molar-refractivity contribution in [2.75, 3.05) is 0 Å². The van der Waals surface area contributed by atoms with Gasteiger partial charge in [0.2, 0.25) is 0 Å². The highest BCUT2D eigenvalue weighted by atomic mass is 19.1. The lowest BCUT2D eigenvalue weighted by molar-refractivity contribution is 0.570. The molecule has 80 valence electrons. The molecule has 2 rings (SSSR count). The van der Waals surface area contributed by atoms with Crippen LogP contribution in [-0.2, 0) is 0 Å². The van der Waals surface area contributed by atoms with Crippen LogP contribution in [0.3, 0.4) is 0 Å². The summed E-state index contributed by atoms with van der Waals surface area (Å²) in [6, 6.07) is 5.27. The van der Waals surface area contributed by atoms with Gasteiger partial charge in [0.25, 0.3) is 0 Å². The Morgan fingerprint density at radius 2 is 1.69 bits per heavy atom. The SMILES string of the molecule is [N-]=[N+]=Nc1cc(F)c(-n2cccc2)c(F)c1. The van der Waals surface area contributed by atoms with Crippen LogP contribution in [0.25, 0.3) is 16.1 Å². The molecule has 0 N–H and O–H groups in total. The quantitative estimate of drug-likeness (QED) is 0.421. The maximum atomic E-state index is 13.6. The predicted molar refractivity (Wildman–Crippen MR) is 54.5 cm³/mol. The van der Waals surface area contributed by atoms with Crippen LogP contribution in [-0.4, -0.2) is 4.57 Å². The minimum absolute atomic E-state index is 0.0894. The normalized spacial score (nSPS) is 9.88. The van der Waals surface area contributed by atoms with Crippen molar-refractivity contribution in [3.63, 3.8) is 0 Å². The average molecular weight is 220 g/mol. The van der Waals surface area contributed by atoms with Crippen LogP contribution in [0.2, 0.25) is 0 Å². The fourth-order valence-electron chi connectivity index (χ4n) is 1.39. The first-order valence-electron chi connectivity index (χ1n) is 4.40. The number of azide groups is 1. The molecule has 0 aliphatic heterocycles. The molecule has 1 aromatic heterocycles. The number of hydrogen-bond acceptors (Lipinski definition) is 1. The van der Waals surface area contributed by atoms with Gasteiger partial charge in [0, 0.05) is 23.0 Å². The first kappa shape index (κ1) is 10.2. The van der Waals surface area contributed by atoms with E-state index in [1.54, 1.807) is 12.1 Å². The predicted octanol–water partition coefficient (Wildman–Crippen LogP) is 3.70. The summed E-state index contributed by atoms with van der Waals surface area (Å²) in [4.78, 5) is 2.47. The van der Waals surface area contributed by atoms with E-state index in [0.29, 0.717) is 0 Å². The Balaban J connectivity index is 2.60. The summed E-state index contributed by atoms with van der Waals surface area (Å²) in [6.45, 7) is 0. The second kappa shape index (κ2) is 4.04. The van der Waals surface area contributed by atoms with Gasteiger partial charge in [0.1, 0.15) is 5.69 Å². The van der Waals surface area contributed by atoms with Gasteiger partial charge in [-0.3, -0.25) is 0 Å². The smallest absolute Gasteiger partial charge is 0.150 e. The zero-order valence-corrected chi connectivity index (χ0v) is 8.01. The van der Waals surface area contributed by atoms with Crippen LogP contribution in [0.5, 0.6) is 0 Å². The summed E-state index contributed by atoms with van der Waals surface area (Å²) in [6.07, 6.45) is 3.05. The molecule has 0 amide bonds. The Hall–Kier alpha value is -2.33. The molecule has 4 nitrogen and oxygen atoms in total. The van der Waals surface area contributed by atoms with Crippen LogP contribution in [0, 0.1) is 11.6 Å². The maximum Gasteiger partial charge on any atom is 0.150 e. The van der Waals surface area contributed by atoms with Crippen molar-refractivity contribution < 1.29 is 8.78 Å². The van der Waals surface area contributed by atoms with E-state index in [1.165, 1.54) is 17.0 Å². The first-order valence-corrected chi connectivity index (χ1v) is 4.40. The van der Waals surface area contributed by atoms with Gasteiger partial charge in [0.15, 0.2) is 11.6 Å². The largest absolute Gasteiger partial charge is 0.319 e. The van der Waals surface area contributed by atoms with Gasteiger partial charge in [-0.2, -0.15) is 0 Å². The van der Waals surface area contributed by atoms with E-state index in [4.69, 9.17) is 5.53 Å². The lowest BCUT2D eigenvalue weighted by Crippen LogP contribution is -1.98. The van der Waals surface area contributed by atoms with Gasteiger partial charge < -0.3 is 4.57 Å². The third kappa shape index (κ3) is 1.74. The topological polar surface area (TPSA) is 53.7 Å². The fraction of sp³-hybridized carbons (Fsp3) is 0. The lowest BCUT2D eigenvalue weighted by atomic mass is 10.2. The van der Waals surface area contributed by atoms with Gasteiger partial charge in [0.05, 0.1) is 0 Å². The summed E-state index contributed by atoms with van der Waals surface area (Å²) >= 11 is 0. The molecular weight excluding hydrogens is 214 g/mol. The second-order valence-corrected chi connectivity index (χ2v) is 3.04. The molecule has 0 aliphatic carbocycles. The zero-order chi connectivity index (χ0) is 11.5. The number of rotatable bonds is 2. The molecule has 0 radical (unpaired) electrons.